The predicted octanol–water partition coefficient (Wildman–Crippen LogP) is 2.52. The molecule has 0 aliphatic rings. The predicted molar refractivity (Wildman–Crippen MR) is 61.3 cm³/mol. The molecule has 1 aromatic carbocycles. The van der Waals surface area contributed by atoms with E-state index < -0.39 is 3.61 Å². The average Bonchev–Trinajstić information content (AvgIpc) is 2.02. The van der Waals surface area contributed by atoms with Crippen LogP contribution in [0.15, 0.2) is 24.3 Å². The van der Waals surface area contributed by atoms with Gasteiger partial charge in [-0.1, -0.05) is 17.7 Å². The van der Waals surface area contributed by atoms with E-state index in [4.69, 9.17) is 4.74 Å². The minimum absolute atomic E-state index is 0.302. The van der Waals surface area contributed by atoms with Crippen molar-refractivity contribution in [3.8, 4) is 5.75 Å². The quantitative estimate of drug-likeness (QED) is 0.685. The number of ether oxygens (including phenoxy) is 1. The van der Waals surface area contributed by atoms with Crippen molar-refractivity contribution in [3.63, 3.8) is 0 Å². The second kappa shape index (κ2) is 4.28. The van der Waals surface area contributed by atoms with Gasteiger partial charge in [-0.15, -0.1) is 0 Å². The summed E-state index contributed by atoms with van der Waals surface area (Å²) in [6.45, 7) is 4.04. The maximum atomic E-state index is 9.40. The molecule has 1 unspecified atom stereocenters. The number of alkyl halides is 1. The Balaban J connectivity index is 2.51. The molecule has 13 heavy (non-hydrogen) atoms. The zero-order valence-electron chi connectivity index (χ0n) is 7.75. The SMILES string of the molecule is Cc1ccc(OCC(C)(O)I)cc1. The van der Waals surface area contributed by atoms with Crippen molar-refractivity contribution in [2.24, 2.45) is 0 Å². The molecule has 0 saturated carbocycles. The van der Waals surface area contributed by atoms with Crippen molar-refractivity contribution in [1.82, 2.24) is 0 Å². The van der Waals surface area contributed by atoms with Crippen LogP contribution < -0.4 is 4.74 Å². The molecule has 1 N–H and O–H groups in total. The normalized spacial score (nSPS) is 15.1. The van der Waals surface area contributed by atoms with Gasteiger partial charge in [0, 0.05) is 0 Å². The molecule has 0 heterocycles. The van der Waals surface area contributed by atoms with E-state index in [-0.39, 0.29) is 0 Å². The first-order chi connectivity index (χ1) is 5.97. The Kier molecular flexibility index (Phi) is 3.55. The average molecular weight is 292 g/mol. The maximum Gasteiger partial charge on any atom is 0.146 e. The number of benzene rings is 1. The van der Waals surface area contributed by atoms with Gasteiger partial charge in [0.05, 0.1) is 0 Å². The van der Waals surface area contributed by atoms with Crippen molar-refractivity contribution < 1.29 is 9.84 Å². The number of aliphatic hydroxyl groups is 1. The van der Waals surface area contributed by atoms with Gasteiger partial charge in [-0.2, -0.15) is 0 Å². The Labute approximate surface area is 92.1 Å². The second-order valence-electron chi connectivity index (χ2n) is 3.24. The number of rotatable bonds is 3. The smallest absolute Gasteiger partial charge is 0.146 e. The maximum absolute atomic E-state index is 9.40. The van der Waals surface area contributed by atoms with Crippen LogP contribution in [-0.2, 0) is 0 Å². The zero-order valence-corrected chi connectivity index (χ0v) is 9.91. The number of hydrogen-bond acceptors (Lipinski definition) is 2. The first kappa shape index (κ1) is 10.8. The highest BCUT2D eigenvalue weighted by Gasteiger charge is 2.15. The summed E-state index contributed by atoms with van der Waals surface area (Å²) in [5, 5.41) is 9.40. The minimum Gasteiger partial charge on any atom is -0.490 e. The van der Waals surface area contributed by atoms with Crippen LogP contribution in [0.3, 0.4) is 0 Å². The van der Waals surface area contributed by atoms with Crippen molar-refractivity contribution in [2.75, 3.05) is 6.61 Å². The summed E-state index contributed by atoms with van der Waals surface area (Å²) in [7, 11) is 0. The summed E-state index contributed by atoms with van der Waals surface area (Å²) < 4.78 is 4.56. The van der Waals surface area contributed by atoms with Gasteiger partial charge in [0.1, 0.15) is 16.0 Å². The van der Waals surface area contributed by atoms with E-state index in [2.05, 4.69) is 0 Å². The van der Waals surface area contributed by atoms with E-state index >= 15 is 0 Å². The van der Waals surface area contributed by atoms with Crippen LogP contribution >= 0.6 is 22.6 Å². The number of aryl methyl sites for hydroxylation is 1. The molecule has 1 aromatic rings. The van der Waals surface area contributed by atoms with Gasteiger partial charge in [0.25, 0.3) is 0 Å². The molecule has 1 rings (SSSR count). The standard InChI is InChI=1S/C10H13IO2/c1-8-3-5-9(6-4-8)13-7-10(2,11)12/h3-6,12H,7H2,1-2H3. The summed E-state index contributed by atoms with van der Waals surface area (Å²) in [5.41, 5.74) is 1.20. The third-order valence-corrected chi connectivity index (χ3v) is 1.83. The van der Waals surface area contributed by atoms with E-state index in [0.29, 0.717) is 6.61 Å². The topological polar surface area (TPSA) is 29.5 Å². The summed E-state index contributed by atoms with van der Waals surface area (Å²) in [5.74, 6) is 0.794. The molecule has 72 valence electrons. The Bertz CT molecular complexity index is 261. The largest absolute Gasteiger partial charge is 0.490 e. The molecule has 0 saturated heterocycles. The molecule has 0 spiro atoms. The first-order valence-corrected chi connectivity index (χ1v) is 5.16. The van der Waals surface area contributed by atoms with Crippen LogP contribution in [0.2, 0.25) is 0 Å². The molecule has 0 amide bonds. The van der Waals surface area contributed by atoms with Gasteiger partial charge in [-0.25, -0.2) is 0 Å². The van der Waals surface area contributed by atoms with Crippen molar-refractivity contribution in [2.45, 2.75) is 17.5 Å². The van der Waals surface area contributed by atoms with E-state index in [1.165, 1.54) is 5.56 Å². The van der Waals surface area contributed by atoms with E-state index in [0.717, 1.165) is 5.75 Å². The summed E-state index contributed by atoms with van der Waals surface area (Å²) in [6.07, 6.45) is 0. The highest BCUT2D eigenvalue weighted by molar-refractivity contribution is 14.1. The van der Waals surface area contributed by atoms with Crippen LogP contribution in [0.5, 0.6) is 5.75 Å². The van der Waals surface area contributed by atoms with Crippen molar-refractivity contribution in [3.05, 3.63) is 29.8 Å². The van der Waals surface area contributed by atoms with Gasteiger partial charge >= 0.3 is 0 Å². The van der Waals surface area contributed by atoms with Gasteiger partial charge in [0.2, 0.25) is 0 Å². The van der Waals surface area contributed by atoms with Gasteiger partial charge in [-0.05, 0) is 48.6 Å². The molecular weight excluding hydrogens is 279 g/mol. The van der Waals surface area contributed by atoms with Crippen LogP contribution in [-0.4, -0.2) is 15.3 Å². The third-order valence-electron chi connectivity index (χ3n) is 1.52. The first-order valence-electron chi connectivity index (χ1n) is 4.08. The van der Waals surface area contributed by atoms with Crippen molar-refractivity contribution in [1.29, 1.82) is 0 Å². The Morgan fingerprint density at radius 3 is 2.38 bits per heavy atom. The fourth-order valence-electron chi connectivity index (χ4n) is 0.850. The lowest BCUT2D eigenvalue weighted by atomic mass is 10.2. The van der Waals surface area contributed by atoms with Gasteiger partial charge in [0.15, 0.2) is 0 Å². The highest BCUT2D eigenvalue weighted by Crippen LogP contribution is 2.17. The molecule has 2 nitrogen and oxygen atoms in total. The van der Waals surface area contributed by atoms with Crippen LogP contribution in [0, 0.1) is 6.92 Å². The van der Waals surface area contributed by atoms with E-state index in [1.807, 2.05) is 53.8 Å². The van der Waals surface area contributed by atoms with Gasteiger partial charge < -0.3 is 9.84 Å². The highest BCUT2D eigenvalue weighted by atomic mass is 127. The van der Waals surface area contributed by atoms with Crippen molar-refractivity contribution >= 4 is 22.6 Å². The van der Waals surface area contributed by atoms with Crippen LogP contribution in [0.1, 0.15) is 12.5 Å². The summed E-state index contributed by atoms with van der Waals surface area (Å²) in [6, 6.07) is 7.77. The number of halogens is 1. The Morgan fingerprint density at radius 2 is 1.92 bits per heavy atom. The fraction of sp³-hybridized carbons (Fsp3) is 0.400. The molecule has 1 atom stereocenters. The van der Waals surface area contributed by atoms with Crippen LogP contribution in [0.25, 0.3) is 0 Å². The molecule has 3 heteroatoms. The monoisotopic (exact) mass is 292 g/mol. The molecule has 0 fully saturated rings. The third kappa shape index (κ3) is 4.47. The molecule has 0 aliphatic heterocycles. The lowest BCUT2D eigenvalue weighted by Crippen LogP contribution is -2.23. The molecule has 0 aromatic heterocycles. The lowest BCUT2D eigenvalue weighted by molar-refractivity contribution is 0.108. The number of hydrogen-bond donors (Lipinski definition) is 1. The fourth-order valence-corrected chi connectivity index (χ4v) is 1.01. The van der Waals surface area contributed by atoms with Gasteiger partial charge in [-0.3, -0.25) is 0 Å². The Morgan fingerprint density at radius 1 is 1.38 bits per heavy atom. The summed E-state index contributed by atoms with van der Waals surface area (Å²) in [4.78, 5) is 0. The lowest BCUT2D eigenvalue weighted by Gasteiger charge is -2.15. The molecule has 0 bridgehead atoms. The summed E-state index contributed by atoms with van der Waals surface area (Å²) >= 11 is 1.94. The minimum atomic E-state index is -0.803. The van der Waals surface area contributed by atoms with Crippen LogP contribution in [0.4, 0.5) is 0 Å². The molecule has 0 aliphatic carbocycles. The van der Waals surface area contributed by atoms with E-state index in [9.17, 15) is 5.11 Å². The molecular formula is C10H13IO2. The molecule has 0 radical (unpaired) electrons. The Hall–Kier alpha value is -0.290. The second-order valence-corrected chi connectivity index (χ2v) is 5.57. The van der Waals surface area contributed by atoms with E-state index in [1.54, 1.807) is 6.92 Å². The zero-order chi connectivity index (χ0) is 9.90.